The van der Waals surface area contributed by atoms with Gasteiger partial charge in [0, 0.05) is 27.9 Å². The minimum atomic E-state index is -0.834. The molecule has 0 aliphatic heterocycles. The third-order valence-electron chi connectivity index (χ3n) is 3.79. The third-order valence-corrected chi connectivity index (χ3v) is 4.34. The van der Waals surface area contributed by atoms with E-state index in [-0.39, 0.29) is 17.3 Å². The molecular weight excluding hydrogens is 391 g/mol. The zero-order valence-electron chi connectivity index (χ0n) is 14.1. The van der Waals surface area contributed by atoms with E-state index in [1.54, 1.807) is 43.3 Å². The van der Waals surface area contributed by atoms with Crippen molar-refractivity contribution in [3.63, 3.8) is 0 Å². The Balaban J connectivity index is 1.77. The van der Waals surface area contributed by atoms with Crippen LogP contribution in [-0.4, -0.2) is 17.0 Å². The number of nitrogen functional groups attached to an aromatic ring is 1. The summed E-state index contributed by atoms with van der Waals surface area (Å²) in [5.41, 5.74) is 14.0. The van der Waals surface area contributed by atoms with Crippen molar-refractivity contribution in [1.82, 2.24) is 5.16 Å². The lowest BCUT2D eigenvalue weighted by atomic mass is 10.1. The van der Waals surface area contributed by atoms with Gasteiger partial charge in [0.25, 0.3) is 0 Å². The van der Waals surface area contributed by atoms with Crippen molar-refractivity contribution in [2.75, 3.05) is 5.73 Å². The highest BCUT2D eigenvalue weighted by molar-refractivity contribution is 6.36. The SMILES string of the molecule is Cc1c(N)cccc1/C(N)=N/OC(=O)c1cc(-c2ccc(Cl)cc2Cl)on1. The molecule has 3 rings (SSSR count). The first-order chi connectivity index (χ1) is 12.9. The van der Waals surface area contributed by atoms with Crippen molar-refractivity contribution in [1.29, 1.82) is 0 Å². The summed E-state index contributed by atoms with van der Waals surface area (Å²) in [5, 5.41) is 8.15. The number of amidine groups is 1. The zero-order chi connectivity index (χ0) is 19.6. The van der Waals surface area contributed by atoms with E-state index in [9.17, 15) is 4.79 Å². The van der Waals surface area contributed by atoms with Gasteiger partial charge in [0.2, 0.25) is 0 Å². The Bertz CT molecular complexity index is 1050. The van der Waals surface area contributed by atoms with Crippen molar-refractivity contribution in [2.24, 2.45) is 10.9 Å². The molecule has 3 aromatic rings. The van der Waals surface area contributed by atoms with Gasteiger partial charge in [0.1, 0.15) is 0 Å². The largest absolute Gasteiger partial charge is 0.398 e. The lowest BCUT2D eigenvalue weighted by Gasteiger charge is -2.06. The number of nitrogens with two attached hydrogens (primary N) is 2. The number of aromatic nitrogens is 1. The minimum Gasteiger partial charge on any atom is -0.398 e. The van der Waals surface area contributed by atoms with Crippen LogP contribution in [0.2, 0.25) is 10.0 Å². The van der Waals surface area contributed by atoms with E-state index in [1.807, 2.05) is 0 Å². The van der Waals surface area contributed by atoms with Crippen molar-refractivity contribution in [3.05, 3.63) is 69.3 Å². The number of carbonyl (C=O) groups is 1. The summed E-state index contributed by atoms with van der Waals surface area (Å²) < 4.78 is 5.14. The van der Waals surface area contributed by atoms with Gasteiger partial charge >= 0.3 is 5.97 Å². The van der Waals surface area contributed by atoms with Crippen molar-refractivity contribution in [3.8, 4) is 11.3 Å². The van der Waals surface area contributed by atoms with E-state index in [4.69, 9.17) is 44.0 Å². The van der Waals surface area contributed by atoms with Crippen LogP contribution < -0.4 is 11.5 Å². The summed E-state index contributed by atoms with van der Waals surface area (Å²) in [5.74, 6) is -0.538. The summed E-state index contributed by atoms with van der Waals surface area (Å²) >= 11 is 12.0. The van der Waals surface area contributed by atoms with E-state index < -0.39 is 5.97 Å². The van der Waals surface area contributed by atoms with E-state index in [2.05, 4.69) is 10.3 Å². The second-order valence-corrected chi connectivity index (χ2v) is 6.42. The van der Waals surface area contributed by atoms with E-state index in [0.29, 0.717) is 26.9 Å². The average molecular weight is 405 g/mol. The minimum absolute atomic E-state index is 0.0117. The van der Waals surface area contributed by atoms with Gasteiger partial charge in [-0.25, -0.2) is 4.79 Å². The second-order valence-electron chi connectivity index (χ2n) is 5.58. The highest BCUT2D eigenvalue weighted by atomic mass is 35.5. The Hall–Kier alpha value is -3.03. The summed E-state index contributed by atoms with van der Waals surface area (Å²) in [6, 6.07) is 11.4. The number of hydrogen-bond acceptors (Lipinski definition) is 6. The number of carbonyl (C=O) groups excluding carboxylic acids is 1. The van der Waals surface area contributed by atoms with Gasteiger partial charge in [-0.15, -0.1) is 0 Å². The number of hydrogen-bond donors (Lipinski definition) is 2. The third kappa shape index (κ3) is 4.05. The topological polar surface area (TPSA) is 117 Å². The smallest absolute Gasteiger partial charge is 0.387 e. The van der Waals surface area contributed by atoms with Gasteiger partial charge in [-0.05, 0) is 36.8 Å². The number of benzene rings is 2. The van der Waals surface area contributed by atoms with Crippen LogP contribution in [0.1, 0.15) is 21.6 Å². The van der Waals surface area contributed by atoms with Gasteiger partial charge in [0.15, 0.2) is 17.3 Å². The molecule has 4 N–H and O–H groups in total. The maximum atomic E-state index is 12.1. The molecule has 1 aromatic heterocycles. The second kappa shape index (κ2) is 7.69. The number of nitrogens with zero attached hydrogens (tertiary/aromatic N) is 2. The molecule has 0 aliphatic rings. The molecule has 7 nitrogen and oxygen atoms in total. The monoisotopic (exact) mass is 404 g/mol. The van der Waals surface area contributed by atoms with E-state index in [0.717, 1.165) is 5.56 Å². The Morgan fingerprint density at radius 2 is 2.00 bits per heavy atom. The molecule has 0 atom stereocenters. The van der Waals surface area contributed by atoms with Crippen molar-refractivity contribution < 1.29 is 14.2 Å². The Morgan fingerprint density at radius 1 is 1.22 bits per heavy atom. The molecule has 0 bridgehead atoms. The number of halogens is 2. The van der Waals surface area contributed by atoms with E-state index in [1.165, 1.54) is 6.07 Å². The number of anilines is 1. The molecule has 0 fully saturated rings. The molecule has 0 saturated heterocycles. The molecule has 0 unspecified atom stereocenters. The lowest BCUT2D eigenvalue weighted by molar-refractivity contribution is 0.0504. The maximum Gasteiger partial charge on any atom is 0.387 e. The van der Waals surface area contributed by atoms with Crippen LogP contribution in [0.4, 0.5) is 5.69 Å². The molecule has 0 spiro atoms. The number of rotatable bonds is 4. The zero-order valence-corrected chi connectivity index (χ0v) is 15.6. The predicted molar refractivity (Wildman–Crippen MR) is 104 cm³/mol. The van der Waals surface area contributed by atoms with Gasteiger partial charge < -0.3 is 20.8 Å². The molecule has 0 radical (unpaired) electrons. The quantitative estimate of drug-likeness (QED) is 0.223. The fraction of sp³-hybridized carbons (Fsp3) is 0.0556. The summed E-state index contributed by atoms with van der Waals surface area (Å²) in [4.78, 5) is 17.0. The highest BCUT2D eigenvalue weighted by Gasteiger charge is 2.18. The first kappa shape index (κ1) is 18.8. The molecule has 0 amide bonds. The molecule has 1 heterocycles. The van der Waals surface area contributed by atoms with Crippen LogP contribution in [-0.2, 0) is 4.84 Å². The van der Waals surface area contributed by atoms with Gasteiger partial charge in [0.05, 0.1) is 5.02 Å². The summed E-state index contributed by atoms with van der Waals surface area (Å²) in [6.45, 7) is 1.79. The average Bonchev–Trinajstić information content (AvgIpc) is 3.11. The maximum absolute atomic E-state index is 12.1. The van der Waals surface area contributed by atoms with Crippen LogP contribution in [0, 0.1) is 6.92 Å². The molecule has 27 heavy (non-hydrogen) atoms. The number of oxime groups is 1. The molecule has 0 aliphatic carbocycles. The van der Waals surface area contributed by atoms with Gasteiger partial charge in [-0.3, -0.25) is 0 Å². The van der Waals surface area contributed by atoms with Gasteiger partial charge in [-0.2, -0.15) is 0 Å². The Labute approximate surface area is 164 Å². The summed E-state index contributed by atoms with van der Waals surface area (Å²) in [7, 11) is 0. The normalized spacial score (nSPS) is 11.4. The van der Waals surface area contributed by atoms with Crippen LogP contribution in [0.5, 0.6) is 0 Å². The first-order valence-corrected chi connectivity index (χ1v) is 8.45. The van der Waals surface area contributed by atoms with E-state index >= 15 is 0 Å². The summed E-state index contributed by atoms with van der Waals surface area (Å²) in [6.07, 6.45) is 0. The Morgan fingerprint density at radius 3 is 2.74 bits per heavy atom. The molecule has 0 saturated carbocycles. The molecule has 9 heteroatoms. The lowest BCUT2D eigenvalue weighted by Crippen LogP contribution is -2.17. The Kier molecular flexibility index (Phi) is 5.34. The first-order valence-electron chi connectivity index (χ1n) is 7.69. The van der Waals surface area contributed by atoms with Crippen LogP contribution >= 0.6 is 23.2 Å². The standard InChI is InChI=1S/C18H14Cl2N4O3/c1-9-11(3-2-4-14(9)21)17(22)24-27-18(25)15-8-16(26-23-15)12-6-5-10(19)7-13(12)20/h2-8H,21H2,1H3,(H2,22,24). The van der Waals surface area contributed by atoms with Crippen LogP contribution in [0.25, 0.3) is 11.3 Å². The van der Waals surface area contributed by atoms with Crippen LogP contribution in [0.3, 0.4) is 0 Å². The van der Waals surface area contributed by atoms with Gasteiger partial charge in [-0.1, -0.05) is 45.6 Å². The highest BCUT2D eigenvalue weighted by Crippen LogP contribution is 2.30. The molecular formula is C18H14Cl2N4O3. The molecule has 2 aromatic carbocycles. The van der Waals surface area contributed by atoms with Crippen molar-refractivity contribution in [2.45, 2.75) is 6.92 Å². The fourth-order valence-corrected chi connectivity index (χ4v) is 2.81. The predicted octanol–water partition coefficient (Wildman–Crippen LogP) is 4.02. The fourth-order valence-electron chi connectivity index (χ4n) is 2.31. The molecule has 138 valence electrons. The van der Waals surface area contributed by atoms with Crippen molar-refractivity contribution >= 4 is 40.7 Å². The van der Waals surface area contributed by atoms with Crippen LogP contribution in [0.15, 0.2) is 52.1 Å².